The van der Waals surface area contributed by atoms with Gasteiger partial charge >= 0.3 is 0 Å². The van der Waals surface area contributed by atoms with Crippen molar-refractivity contribution in [3.63, 3.8) is 0 Å². The molecule has 2 aliphatic rings. The van der Waals surface area contributed by atoms with E-state index in [9.17, 15) is 4.39 Å². The molecule has 1 aromatic rings. The van der Waals surface area contributed by atoms with Crippen molar-refractivity contribution in [2.24, 2.45) is 5.92 Å². The number of rotatable bonds is 3. The predicted molar refractivity (Wildman–Crippen MR) is 79.2 cm³/mol. The van der Waals surface area contributed by atoms with Crippen LogP contribution in [0.4, 0.5) is 10.1 Å². The van der Waals surface area contributed by atoms with Crippen molar-refractivity contribution >= 4 is 5.69 Å². The van der Waals surface area contributed by atoms with Gasteiger partial charge < -0.3 is 10.6 Å². The summed E-state index contributed by atoms with van der Waals surface area (Å²) in [5.41, 5.74) is 0.944. The molecule has 4 heteroatoms. The van der Waals surface area contributed by atoms with Crippen LogP contribution < -0.4 is 10.6 Å². The van der Waals surface area contributed by atoms with E-state index in [4.69, 9.17) is 0 Å². The molecule has 3 atom stereocenters. The number of nitrogens with zero attached hydrogens (tertiary/aromatic N) is 1. The molecule has 3 nitrogen and oxygen atoms in total. The summed E-state index contributed by atoms with van der Waals surface area (Å²) >= 11 is 0. The van der Waals surface area contributed by atoms with E-state index in [-0.39, 0.29) is 0 Å². The molecular formula is C16H24FN3. The zero-order chi connectivity index (χ0) is 13.8. The van der Waals surface area contributed by atoms with E-state index in [2.05, 4.69) is 15.6 Å². The zero-order valence-electron chi connectivity index (χ0n) is 11.9. The Balaban J connectivity index is 1.66. The monoisotopic (exact) mass is 277 g/mol. The van der Waals surface area contributed by atoms with E-state index in [1.165, 1.54) is 51.0 Å². The van der Waals surface area contributed by atoms with Gasteiger partial charge in [-0.3, -0.25) is 0 Å². The zero-order valence-corrected chi connectivity index (χ0v) is 11.9. The van der Waals surface area contributed by atoms with Gasteiger partial charge in [-0.2, -0.15) is 4.39 Å². The first-order valence-corrected chi connectivity index (χ1v) is 7.94. The molecule has 3 rings (SSSR count). The minimum absolute atomic E-state index is 0.412. The largest absolute Gasteiger partial charge is 0.381 e. The first-order chi connectivity index (χ1) is 9.83. The summed E-state index contributed by atoms with van der Waals surface area (Å²) in [6.45, 7) is 1.16. The second kappa shape index (κ2) is 6.53. The Morgan fingerprint density at radius 3 is 2.70 bits per heavy atom. The van der Waals surface area contributed by atoms with Gasteiger partial charge in [-0.1, -0.05) is 19.3 Å². The maximum atomic E-state index is 12.9. The van der Waals surface area contributed by atoms with Gasteiger partial charge in [0, 0.05) is 12.1 Å². The minimum Gasteiger partial charge on any atom is -0.381 e. The third-order valence-corrected chi connectivity index (χ3v) is 4.76. The maximum absolute atomic E-state index is 12.9. The van der Waals surface area contributed by atoms with Gasteiger partial charge in [0.1, 0.15) is 0 Å². The molecule has 0 bridgehead atoms. The lowest BCUT2D eigenvalue weighted by atomic mass is 9.77. The SMILES string of the molecule is Fc1ccc(NC2CCCCC2C2CCCCN2)cn1. The Hall–Kier alpha value is -1.16. The number of anilines is 1. The number of nitrogens with one attached hydrogen (secondary N) is 2. The number of piperidine rings is 1. The van der Waals surface area contributed by atoms with Crippen molar-refractivity contribution in [1.29, 1.82) is 0 Å². The van der Waals surface area contributed by atoms with Crippen molar-refractivity contribution < 1.29 is 4.39 Å². The Morgan fingerprint density at radius 2 is 1.95 bits per heavy atom. The molecule has 1 aliphatic heterocycles. The Bertz CT molecular complexity index is 414. The molecular weight excluding hydrogens is 253 g/mol. The summed E-state index contributed by atoms with van der Waals surface area (Å²) in [4.78, 5) is 3.74. The average molecular weight is 277 g/mol. The molecule has 1 aromatic heterocycles. The lowest BCUT2D eigenvalue weighted by Crippen LogP contribution is -2.48. The molecule has 0 radical (unpaired) electrons. The summed E-state index contributed by atoms with van der Waals surface area (Å²) in [5.74, 6) is 0.277. The van der Waals surface area contributed by atoms with E-state index in [1.54, 1.807) is 12.3 Å². The van der Waals surface area contributed by atoms with Crippen LogP contribution in [0.5, 0.6) is 0 Å². The van der Waals surface area contributed by atoms with Gasteiger partial charge in [0.25, 0.3) is 0 Å². The third-order valence-electron chi connectivity index (χ3n) is 4.76. The number of hydrogen-bond acceptors (Lipinski definition) is 3. The molecule has 0 aromatic carbocycles. The summed E-state index contributed by atoms with van der Waals surface area (Å²) in [6, 6.07) is 4.36. The maximum Gasteiger partial charge on any atom is 0.212 e. The van der Waals surface area contributed by atoms with Crippen LogP contribution in [-0.4, -0.2) is 23.6 Å². The third kappa shape index (κ3) is 3.29. The standard InChI is InChI=1S/C16H24FN3/c17-16-9-8-12(11-19-16)20-15-7-2-1-5-13(15)14-6-3-4-10-18-14/h8-9,11,13-15,18,20H,1-7,10H2. The minimum atomic E-state index is -0.412. The normalized spacial score (nSPS) is 30.9. The Labute approximate surface area is 120 Å². The summed E-state index contributed by atoms with van der Waals surface area (Å²) in [7, 11) is 0. The molecule has 0 amide bonds. The average Bonchev–Trinajstić information content (AvgIpc) is 2.51. The second-order valence-corrected chi connectivity index (χ2v) is 6.13. The summed E-state index contributed by atoms with van der Waals surface area (Å²) in [6.07, 6.45) is 10.7. The quantitative estimate of drug-likeness (QED) is 0.832. The van der Waals surface area contributed by atoms with Crippen LogP contribution in [0.2, 0.25) is 0 Å². The predicted octanol–water partition coefficient (Wildman–Crippen LogP) is 3.33. The van der Waals surface area contributed by atoms with Crippen molar-refractivity contribution in [3.8, 4) is 0 Å². The number of pyridine rings is 1. The van der Waals surface area contributed by atoms with Gasteiger partial charge in [0.2, 0.25) is 5.95 Å². The van der Waals surface area contributed by atoms with Crippen molar-refractivity contribution in [2.45, 2.75) is 57.0 Å². The number of aromatic nitrogens is 1. The van der Waals surface area contributed by atoms with Gasteiger partial charge in [0.15, 0.2) is 0 Å². The van der Waals surface area contributed by atoms with Crippen LogP contribution in [-0.2, 0) is 0 Å². The van der Waals surface area contributed by atoms with Crippen LogP contribution in [0.3, 0.4) is 0 Å². The van der Waals surface area contributed by atoms with Crippen LogP contribution in [0.1, 0.15) is 44.9 Å². The lowest BCUT2D eigenvalue weighted by Gasteiger charge is -2.40. The molecule has 2 N–H and O–H groups in total. The summed E-state index contributed by atoms with van der Waals surface area (Å²) in [5, 5.41) is 7.28. The van der Waals surface area contributed by atoms with Crippen molar-refractivity contribution in [1.82, 2.24) is 10.3 Å². The fourth-order valence-electron chi connectivity index (χ4n) is 3.74. The van der Waals surface area contributed by atoms with E-state index in [1.807, 2.05) is 0 Å². The van der Waals surface area contributed by atoms with E-state index in [0.717, 1.165) is 12.2 Å². The fraction of sp³-hybridized carbons (Fsp3) is 0.688. The Kier molecular flexibility index (Phi) is 4.51. The van der Waals surface area contributed by atoms with Gasteiger partial charge in [-0.05, 0) is 50.3 Å². The highest BCUT2D eigenvalue weighted by Crippen LogP contribution is 2.32. The lowest BCUT2D eigenvalue weighted by molar-refractivity contribution is 0.217. The van der Waals surface area contributed by atoms with Crippen molar-refractivity contribution in [3.05, 3.63) is 24.3 Å². The molecule has 1 aliphatic carbocycles. The first-order valence-electron chi connectivity index (χ1n) is 7.94. The highest BCUT2D eigenvalue weighted by atomic mass is 19.1. The molecule has 0 spiro atoms. The van der Waals surface area contributed by atoms with Gasteiger partial charge in [-0.15, -0.1) is 0 Å². The molecule has 110 valence electrons. The fourth-order valence-corrected chi connectivity index (χ4v) is 3.74. The van der Waals surface area contributed by atoms with Gasteiger partial charge in [-0.25, -0.2) is 4.98 Å². The molecule has 3 unspecified atom stereocenters. The molecule has 2 fully saturated rings. The topological polar surface area (TPSA) is 37.0 Å². The smallest absolute Gasteiger partial charge is 0.212 e. The van der Waals surface area contributed by atoms with Crippen LogP contribution in [0.15, 0.2) is 18.3 Å². The van der Waals surface area contributed by atoms with Crippen LogP contribution in [0.25, 0.3) is 0 Å². The van der Waals surface area contributed by atoms with E-state index < -0.39 is 5.95 Å². The number of hydrogen-bond donors (Lipinski definition) is 2. The highest BCUT2D eigenvalue weighted by molar-refractivity contribution is 5.41. The molecule has 1 saturated carbocycles. The molecule has 1 saturated heterocycles. The second-order valence-electron chi connectivity index (χ2n) is 6.13. The van der Waals surface area contributed by atoms with Crippen molar-refractivity contribution in [2.75, 3.05) is 11.9 Å². The highest BCUT2D eigenvalue weighted by Gasteiger charge is 2.32. The van der Waals surface area contributed by atoms with Crippen LogP contribution in [0, 0.1) is 11.9 Å². The van der Waals surface area contributed by atoms with Gasteiger partial charge in [0.05, 0.1) is 11.9 Å². The summed E-state index contributed by atoms with van der Waals surface area (Å²) < 4.78 is 12.9. The molecule has 20 heavy (non-hydrogen) atoms. The van der Waals surface area contributed by atoms with Crippen LogP contribution >= 0.6 is 0 Å². The number of halogens is 1. The first kappa shape index (κ1) is 13.8. The van der Waals surface area contributed by atoms with E-state index >= 15 is 0 Å². The Morgan fingerprint density at radius 1 is 1.10 bits per heavy atom. The molecule has 2 heterocycles. The van der Waals surface area contributed by atoms with E-state index in [0.29, 0.717) is 18.0 Å².